The van der Waals surface area contributed by atoms with Gasteiger partial charge < -0.3 is 14.8 Å². The number of ether oxygens (including phenoxy) is 2. The summed E-state index contributed by atoms with van der Waals surface area (Å²) in [6, 6.07) is 0.341. The van der Waals surface area contributed by atoms with Gasteiger partial charge in [-0.25, -0.2) is 0 Å². The molecule has 0 amide bonds. The van der Waals surface area contributed by atoms with Crippen molar-refractivity contribution >= 4 is 0 Å². The molecule has 1 saturated carbocycles. The van der Waals surface area contributed by atoms with Gasteiger partial charge in [-0.05, 0) is 31.2 Å². The molecule has 1 atom stereocenters. The zero-order valence-corrected chi connectivity index (χ0v) is 11.9. The maximum Gasteiger partial charge on any atom is 0.172 e. The van der Waals surface area contributed by atoms with Crippen LogP contribution in [0.3, 0.4) is 0 Å². The molecule has 1 fully saturated rings. The molecule has 0 aromatic carbocycles. The van der Waals surface area contributed by atoms with Crippen LogP contribution in [-0.4, -0.2) is 33.1 Å². The summed E-state index contributed by atoms with van der Waals surface area (Å²) < 4.78 is 10.9. The number of nitrogens with one attached hydrogen (secondary N) is 1. The van der Waals surface area contributed by atoms with Gasteiger partial charge in [0.25, 0.3) is 0 Å². The predicted molar refractivity (Wildman–Crippen MR) is 71.0 cm³/mol. The highest BCUT2D eigenvalue weighted by molar-refractivity contribution is 4.83. The minimum Gasteiger partial charge on any atom is -0.354 e. The van der Waals surface area contributed by atoms with E-state index in [1.807, 2.05) is 0 Å². The van der Waals surface area contributed by atoms with Crippen molar-refractivity contribution in [1.29, 1.82) is 0 Å². The molecule has 0 heterocycles. The Morgan fingerprint density at radius 2 is 1.65 bits per heavy atom. The van der Waals surface area contributed by atoms with Crippen molar-refractivity contribution in [3.63, 3.8) is 0 Å². The first-order chi connectivity index (χ1) is 8.26. The van der Waals surface area contributed by atoms with Crippen LogP contribution in [0.15, 0.2) is 0 Å². The number of rotatable bonds is 7. The third-order valence-corrected chi connectivity index (χ3v) is 4.17. The second-order valence-corrected chi connectivity index (χ2v) is 5.11. The molecule has 0 aromatic heterocycles. The van der Waals surface area contributed by atoms with E-state index in [4.69, 9.17) is 9.47 Å². The fraction of sp³-hybridized carbons (Fsp3) is 1.00. The lowest BCUT2D eigenvalue weighted by Crippen LogP contribution is -2.48. The highest BCUT2D eigenvalue weighted by Gasteiger charge is 2.32. The number of hydrogen-bond donors (Lipinski definition) is 1. The van der Waals surface area contributed by atoms with Gasteiger partial charge in [-0.3, -0.25) is 0 Å². The van der Waals surface area contributed by atoms with Crippen molar-refractivity contribution in [3.8, 4) is 0 Å². The van der Waals surface area contributed by atoms with E-state index in [1.54, 1.807) is 14.2 Å². The number of hydrogen-bond acceptors (Lipinski definition) is 3. The summed E-state index contributed by atoms with van der Waals surface area (Å²) in [5.41, 5.74) is 0. The number of likely N-dealkylation sites (N-methyl/N-ethyl adjacent to an activating group) is 1. The minimum atomic E-state index is -0.113. The summed E-state index contributed by atoms with van der Waals surface area (Å²) in [7, 11) is 3.46. The molecular formula is C14H29NO2. The molecule has 17 heavy (non-hydrogen) atoms. The normalized spacial score (nSPS) is 27.4. The zero-order chi connectivity index (χ0) is 12.7. The molecule has 0 spiro atoms. The quantitative estimate of drug-likeness (QED) is 0.697. The second-order valence-electron chi connectivity index (χ2n) is 5.11. The van der Waals surface area contributed by atoms with Crippen molar-refractivity contribution in [3.05, 3.63) is 0 Å². The number of methoxy groups -OCH3 is 2. The smallest absolute Gasteiger partial charge is 0.172 e. The Hall–Kier alpha value is -0.120. The van der Waals surface area contributed by atoms with E-state index < -0.39 is 0 Å². The molecule has 3 heteroatoms. The highest BCUT2D eigenvalue weighted by Crippen LogP contribution is 2.33. The monoisotopic (exact) mass is 243 g/mol. The molecule has 3 nitrogen and oxygen atoms in total. The first-order valence-corrected chi connectivity index (χ1v) is 7.05. The standard InChI is InChI=1S/C14H29NO2/c1-5-11-7-9-12(10-8-11)13(15-6-2)14(16-3)17-4/h11-15H,5-10H2,1-4H3. The maximum absolute atomic E-state index is 5.44. The Morgan fingerprint density at radius 1 is 1.06 bits per heavy atom. The van der Waals surface area contributed by atoms with Gasteiger partial charge in [-0.2, -0.15) is 0 Å². The van der Waals surface area contributed by atoms with E-state index in [0.29, 0.717) is 12.0 Å². The van der Waals surface area contributed by atoms with Crippen LogP contribution in [0.1, 0.15) is 46.0 Å². The van der Waals surface area contributed by atoms with Crippen molar-refractivity contribution in [1.82, 2.24) is 5.32 Å². The molecule has 0 radical (unpaired) electrons. The molecule has 102 valence electrons. The lowest BCUT2D eigenvalue weighted by molar-refractivity contribution is -0.135. The minimum absolute atomic E-state index is 0.113. The van der Waals surface area contributed by atoms with Crippen LogP contribution < -0.4 is 5.32 Å². The Balaban J connectivity index is 2.52. The van der Waals surface area contributed by atoms with Crippen LogP contribution in [0, 0.1) is 11.8 Å². The van der Waals surface area contributed by atoms with Gasteiger partial charge in [-0.15, -0.1) is 0 Å². The first kappa shape index (κ1) is 14.9. The van der Waals surface area contributed by atoms with Crippen LogP contribution >= 0.6 is 0 Å². The SMILES string of the molecule is CCNC(C1CCC(CC)CC1)C(OC)OC. The summed E-state index contributed by atoms with van der Waals surface area (Å²) in [4.78, 5) is 0. The molecule has 0 bridgehead atoms. The van der Waals surface area contributed by atoms with Gasteiger partial charge in [0.05, 0.1) is 6.04 Å². The third kappa shape index (κ3) is 4.23. The molecule has 1 aliphatic carbocycles. The van der Waals surface area contributed by atoms with Gasteiger partial charge in [0.2, 0.25) is 0 Å². The van der Waals surface area contributed by atoms with E-state index in [0.717, 1.165) is 12.5 Å². The molecule has 0 aliphatic heterocycles. The van der Waals surface area contributed by atoms with Gasteiger partial charge in [0.15, 0.2) is 6.29 Å². The van der Waals surface area contributed by atoms with Crippen molar-refractivity contribution in [2.75, 3.05) is 20.8 Å². The molecular weight excluding hydrogens is 214 g/mol. The highest BCUT2D eigenvalue weighted by atomic mass is 16.7. The van der Waals surface area contributed by atoms with Crippen molar-refractivity contribution in [2.24, 2.45) is 11.8 Å². The summed E-state index contributed by atoms with van der Waals surface area (Å²) >= 11 is 0. The van der Waals surface area contributed by atoms with Gasteiger partial charge in [0, 0.05) is 14.2 Å². The summed E-state index contributed by atoms with van der Waals surface area (Å²) in [6.07, 6.45) is 6.56. The average Bonchev–Trinajstić information content (AvgIpc) is 2.39. The van der Waals surface area contributed by atoms with Crippen molar-refractivity contribution in [2.45, 2.75) is 58.3 Å². The molecule has 1 rings (SSSR count). The largest absolute Gasteiger partial charge is 0.354 e. The summed E-state index contributed by atoms with van der Waals surface area (Å²) in [5, 5.41) is 3.54. The predicted octanol–water partition coefficient (Wildman–Crippen LogP) is 2.80. The average molecular weight is 243 g/mol. The van der Waals surface area contributed by atoms with Crippen LogP contribution in [-0.2, 0) is 9.47 Å². The van der Waals surface area contributed by atoms with E-state index >= 15 is 0 Å². The lowest BCUT2D eigenvalue weighted by Gasteiger charge is -2.37. The Labute approximate surface area is 106 Å². The zero-order valence-electron chi connectivity index (χ0n) is 11.9. The van der Waals surface area contributed by atoms with E-state index in [1.165, 1.54) is 32.1 Å². The van der Waals surface area contributed by atoms with Crippen LogP contribution in [0.25, 0.3) is 0 Å². The second kappa shape index (κ2) is 8.06. The molecule has 0 aromatic rings. The maximum atomic E-state index is 5.44. The van der Waals surface area contributed by atoms with Crippen LogP contribution in [0.4, 0.5) is 0 Å². The molecule has 1 unspecified atom stereocenters. The molecule has 0 saturated heterocycles. The fourth-order valence-electron chi connectivity index (χ4n) is 3.07. The van der Waals surface area contributed by atoms with E-state index in [-0.39, 0.29) is 6.29 Å². The third-order valence-electron chi connectivity index (χ3n) is 4.17. The van der Waals surface area contributed by atoms with Gasteiger partial charge in [0.1, 0.15) is 0 Å². The summed E-state index contributed by atoms with van der Waals surface area (Å²) in [5.74, 6) is 1.64. The van der Waals surface area contributed by atoms with E-state index in [9.17, 15) is 0 Å². The Morgan fingerprint density at radius 3 is 2.06 bits per heavy atom. The summed E-state index contributed by atoms with van der Waals surface area (Å²) in [6.45, 7) is 5.43. The Bertz CT molecular complexity index is 187. The lowest BCUT2D eigenvalue weighted by atomic mass is 9.77. The van der Waals surface area contributed by atoms with Crippen LogP contribution in [0.2, 0.25) is 0 Å². The molecule has 1 aliphatic rings. The van der Waals surface area contributed by atoms with Crippen LogP contribution in [0.5, 0.6) is 0 Å². The molecule has 1 N–H and O–H groups in total. The Kier molecular flexibility index (Phi) is 7.09. The topological polar surface area (TPSA) is 30.5 Å². The van der Waals surface area contributed by atoms with Crippen molar-refractivity contribution < 1.29 is 9.47 Å². The van der Waals surface area contributed by atoms with Gasteiger partial charge >= 0.3 is 0 Å². The van der Waals surface area contributed by atoms with Gasteiger partial charge in [-0.1, -0.05) is 33.1 Å². The fourth-order valence-corrected chi connectivity index (χ4v) is 3.07. The van der Waals surface area contributed by atoms with E-state index in [2.05, 4.69) is 19.2 Å². The first-order valence-electron chi connectivity index (χ1n) is 7.05.